The van der Waals surface area contributed by atoms with E-state index >= 15 is 0 Å². The second-order valence-electron chi connectivity index (χ2n) is 6.40. The van der Waals surface area contributed by atoms with Gasteiger partial charge in [-0.25, -0.2) is 0 Å². The summed E-state index contributed by atoms with van der Waals surface area (Å²) >= 11 is 1.76. The molecule has 4 rings (SSSR count). The van der Waals surface area contributed by atoms with Gasteiger partial charge in [0.1, 0.15) is 5.76 Å². The van der Waals surface area contributed by atoms with Gasteiger partial charge < -0.3 is 9.63 Å². The number of aromatic nitrogens is 3. The first-order chi connectivity index (χ1) is 11.7. The Bertz CT molecular complexity index is 795. The number of β-amino-alcohol motifs (C(OH)–C–C–N with tert-alkyl or cyclic N) is 1. The fourth-order valence-corrected chi connectivity index (χ4v) is 4.29. The van der Waals surface area contributed by atoms with Crippen molar-refractivity contribution in [3.05, 3.63) is 46.8 Å². The molecule has 4 heterocycles. The molecule has 0 saturated carbocycles. The zero-order valence-corrected chi connectivity index (χ0v) is 14.3. The molecule has 2 unspecified atom stereocenters. The SMILES string of the molecule is Cc1cc(CC2CN(Cc3ccc(-c4ccn[nH]4)s3)CC2O)on1. The van der Waals surface area contributed by atoms with Gasteiger partial charge in [0, 0.05) is 49.1 Å². The van der Waals surface area contributed by atoms with Crippen LogP contribution in [-0.2, 0) is 13.0 Å². The predicted octanol–water partition coefficient (Wildman–Crippen LogP) is 2.47. The van der Waals surface area contributed by atoms with Crippen molar-refractivity contribution in [3.63, 3.8) is 0 Å². The molecule has 3 aromatic rings. The Kier molecular flexibility index (Phi) is 4.22. The molecular formula is C17H20N4O2S. The Morgan fingerprint density at radius 1 is 1.38 bits per heavy atom. The summed E-state index contributed by atoms with van der Waals surface area (Å²) in [4.78, 5) is 4.79. The second-order valence-corrected chi connectivity index (χ2v) is 7.56. The van der Waals surface area contributed by atoms with E-state index in [1.165, 1.54) is 9.75 Å². The molecule has 0 bridgehead atoms. The Morgan fingerprint density at radius 2 is 2.29 bits per heavy atom. The minimum atomic E-state index is -0.317. The third kappa shape index (κ3) is 3.28. The standard InChI is InChI=1S/C17H20N4O2S/c1-11-6-13(23-20-11)7-12-8-21(10-16(12)22)9-14-2-3-17(24-14)15-4-5-18-19-15/h2-6,12,16,22H,7-10H2,1H3,(H,18,19). The first-order valence-electron chi connectivity index (χ1n) is 8.08. The Labute approximate surface area is 144 Å². The van der Waals surface area contributed by atoms with Crippen molar-refractivity contribution >= 4 is 11.3 Å². The average Bonchev–Trinajstić information content (AvgIpc) is 3.29. The van der Waals surface area contributed by atoms with Crippen molar-refractivity contribution in [2.24, 2.45) is 5.92 Å². The first kappa shape index (κ1) is 15.6. The smallest absolute Gasteiger partial charge is 0.137 e. The number of likely N-dealkylation sites (tertiary alicyclic amines) is 1. The maximum absolute atomic E-state index is 10.3. The van der Waals surface area contributed by atoms with Crippen LogP contribution in [0.25, 0.3) is 10.6 Å². The highest BCUT2D eigenvalue weighted by molar-refractivity contribution is 7.15. The molecule has 1 aliphatic rings. The van der Waals surface area contributed by atoms with E-state index in [2.05, 4.69) is 32.4 Å². The first-order valence-corrected chi connectivity index (χ1v) is 8.90. The van der Waals surface area contributed by atoms with Gasteiger partial charge in [-0.1, -0.05) is 5.16 Å². The van der Waals surface area contributed by atoms with E-state index in [0.717, 1.165) is 36.7 Å². The van der Waals surface area contributed by atoms with Gasteiger partial charge in [0.2, 0.25) is 0 Å². The highest BCUT2D eigenvalue weighted by Gasteiger charge is 2.32. The number of hydrogen-bond donors (Lipinski definition) is 2. The zero-order chi connectivity index (χ0) is 16.5. The molecule has 1 fully saturated rings. The minimum Gasteiger partial charge on any atom is -0.391 e. The van der Waals surface area contributed by atoms with Crippen molar-refractivity contribution < 1.29 is 9.63 Å². The van der Waals surface area contributed by atoms with E-state index in [4.69, 9.17) is 4.52 Å². The molecule has 24 heavy (non-hydrogen) atoms. The van der Waals surface area contributed by atoms with Gasteiger partial charge in [-0.2, -0.15) is 5.10 Å². The lowest BCUT2D eigenvalue weighted by Gasteiger charge is -2.13. The van der Waals surface area contributed by atoms with E-state index in [1.54, 1.807) is 17.5 Å². The number of thiophene rings is 1. The van der Waals surface area contributed by atoms with Gasteiger partial charge in [0.15, 0.2) is 0 Å². The Hall–Kier alpha value is -1.96. The number of hydrogen-bond acceptors (Lipinski definition) is 6. The van der Waals surface area contributed by atoms with Crippen molar-refractivity contribution in [3.8, 4) is 10.6 Å². The summed E-state index contributed by atoms with van der Waals surface area (Å²) < 4.78 is 5.29. The summed E-state index contributed by atoms with van der Waals surface area (Å²) in [6.45, 7) is 4.35. The quantitative estimate of drug-likeness (QED) is 0.743. The van der Waals surface area contributed by atoms with Gasteiger partial charge in [-0.15, -0.1) is 11.3 Å². The molecule has 1 aliphatic heterocycles. The number of nitrogens with one attached hydrogen (secondary N) is 1. The zero-order valence-electron chi connectivity index (χ0n) is 13.5. The number of nitrogens with zero attached hydrogens (tertiary/aromatic N) is 3. The van der Waals surface area contributed by atoms with E-state index in [-0.39, 0.29) is 12.0 Å². The van der Waals surface area contributed by atoms with Gasteiger partial charge in [-0.3, -0.25) is 10.00 Å². The van der Waals surface area contributed by atoms with E-state index in [0.29, 0.717) is 6.54 Å². The van der Waals surface area contributed by atoms with Crippen molar-refractivity contribution in [1.82, 2.24) is 20.3 Å². The van der Waals surface area contributed by atoms with E-state index < -0.39 is 0 Å². The van der Waals surface area contributed by atoms with Gasteiger partial charge in [0.25, 0.3) is 0 Å². The van der Waals surface area contributed by atoms with Crippen LogP contribution in [0.4, 0.5) is 0 Å². The number of aryl methyl sites for hydroxylation is 1. The summed E-state index contributed by atoms with van der Waals surface area (Å²) in [5.41, 5.74) is 1.94. The lowest BCUT2D eigenvalue weighted by molar-refractivity contribution is 0.137. The van der Waals surface area contributed by atoms with Crippen LogP contribution in [0.15, 0.2) is 35.0 Å². The fourth-order valence-electron chi connectivity index (χ4n) is 3.26. The number of aliphatic hydroxyl groups excluding tert-OH is 1. The fraction of sp³-hybridized carbons (Fsp3) is 0.412. The third-order valence-corrected chi connectivity index (χ3v) is 5.53. The molecule has 0 spiro atoms. The van der Waals surface area contributed by atoms with Crippen molar-refractivity contribution in [2.75, 3.05) is 13.1 Å². The van der Waals surface area contributed by atoms with Crippen LogP contribution in [0.5, 0.6) is 0 Å². The summed E-state index contributed by atoms with van der Waals surface area (Å²) in [7, 11) is 0. The predicted molar refractivity (Wildman–Crippen MR) is 91.6 cm³/mol. The second kappa shape index (κ2) is 6.51. The molecule has 3 aromatic heterocycles. The van der Waals surface area contributed by atoms with Crippen LogP contribution in [0.2, 0.25) is 0 Å². The summed E-state index contributed by atoms with van der Waals surface area (Å²) in [6.07, 6.45) is 2.19. The number of H-pyrrole nitrogens is 1. The van der Waals surface area contributed by atoms with Crippen LogP contribution >= 0.6 is 11.3 Å². The van der Waals surface area contributed by atoms with Gasteiger partial charge >= 0.3 is 0 Å². The number of aromatic amines is 1. The summed E-state index contributed by atoms with van der Waals surface area (Å²) in [5, 5.41) is 21.3. The highest BCUT2D eigenvalue weighted by Crippen LogP contribution is 2.29. The van der Waals surface area contributed by atoms with Crippen LogP contribution in [0.3, 0.4) is 0 Å². The molecule has 6 nitrogen and oxygen atoms in total. The molecular weight excluding hydrogens is 324 g/mol. The Balaban J connectivity index is 1.37. The molecule has 2 N–H and O–H groups in total. The molecule has 0 radical (unpaired) electrons. The molecule has 7 heteroatoms. The third-order valence-electron chi connectivity index (χ3n) is 4.43. The topological polar surface area (TPSA) is 78.2 Å². The maximum atomic E-state index is 10.3. The maximum Gasteiger partial charge on any atom is 0.137 e. The number of aliphatic hydroxyl groups is 1. The average molecular weight is 344 g/mol. The molecule has 2 atom stereocenters. The number of rotatable bonds is 5. The van der Waals surface area contributed by atoms with Crippen LogP contribution < -0.4 is 0 Å². The van der Waals surface area contributed by atoms with E-state index in [1.807, 2.05) is 19.1 Å². The lowest BCUT2D eigenvalue weighted by Crippen LogP contribution is -2.20. The van der Waals surface area contributed by atoms with Crippen LogP contribution in [-0.4, -0.2) is 44.6 Å². The monoisotopic (exact) mass is 344 g/mol. The van der Waals surface area contributed by atoms with E-state index in [9.17, 15) is 5.11 Å². The molecule has 0 amide bonds. The summed E-state index contributed by atoms with van der Waals surface area (Å²) in [5.74, 6) is 1.06. The van der Waals surface area contributed by atoms with Crippen LogP contribution in [0, 0.1) is 12.8 Å². The van der Waals surface area contributed by atoms with Crippen molar-refractivity contribution in [2.45, 2.75) is 26.0 Å². The molecule has 1 saturated heterocycles. The normalized spacial score (nSPS) is 21.6. The highest BCUT2D eigenvalue weighted by atomic mass is 32.1. The van der Waals surface area contributed by atoms with Gasteiger partial charge in [0.05, 0.1) is 22.4 Å². The van der Waals surface area contributed by atoms with Crippen LogP contribution in [0.1, 0.15) is 16.3 Å². The minimum absolute atomic E-state index is 0.199. The Morgan fingerprint density at radius 3 is 3.04 bits per heavy atom. The molecule has 0 aromatic carbocycles. The largest absolute Gasteiger partial charge is 0.391 e. The summed E-state index contributed by atoms with van der Waals surface area (Å²) in [6, 6.07) is 8.20. The van der Waals surface area contributed by atoms with Crippen molar-refractivity contribution in [1.29, 1.82) is 0 Å². The molecule has 126 valence electrons. The molecule has 0 aliphatic carbocycles. The lowest BCUT2D eigenvalue weighted by atomic mass is 10.0. The van der Waals surface area contributed by atoms with Gasteiger partial charge in [-0.05, 0) is 25.1 Å².